The Morgan fingerprint density at radius 2 is 1.75 bits per heavy atom. The number of carbonyl (C=O) groups is 1. The molecule has 0 unspecified atom stereocenters. The summed E-state index contributed by atoms with van der Waals surface area (Å²) in [6, 6.07) is 13.9. The summed E-state index contributed by atoms with van der Waals surface area (Å²) in [5.74, 6) is 0. The Labute approximate surface area is 116 Å². The maximum Gasteiger partial charge on any atom is 0.277 e. The van der Waals surface area contributed by atoms with E-state index in [9.17, 15) is 14.9 Å². The summed E-state index contributed by atoms with van der Waals surface area (Å²) in [4.78, 5) is 21.5. The number of aldehydes is 1. The molecule has 0 saturated carbocycles. The van der Waals surface area contributed by atoms with Crippen molar-refractivity contribution in [2.45, 2.75) is 6.92 Å². The minimum Gasteiger partial charge on any atom is -0.299 e. The maximum absolute atomic E-state index is 11.1. The normalized spacial score (nSPS) is 11.2. The highest BCUT2D eigenvalue weighted by Gasteiger charge is 2.17. The Balaban J connectivity index is 2.61. The molecule has 0 aromatic heterocycles. The molecule has 20 heavy (non-hydrogen) atoms. The quantitative estimate of drug-likeness (QED) is 0.368. The molecule has 0 aliphatic heterocycles. The Kier molecular flexibility index (Phi) is 4.05. The zero-order chi connectivity index (χ0) is 14.5. The van der Waals surface area contributed by atoms with Crippen LogP contribution in [0, 0.1) is 17.0 Å². The van der Waals surface area contributed by atoms with E-state index in [1.807, 2.05) is 31.2 Å². The van der Waals surface area contributed by atoms with Crippen molar-refractivity contribution in [1.29, 1.82) is 0 Å². The predicted octanol–water partition coefficient (Wildman–Crippen LogP) is 3.53. The van der Waals surface area contributed by atoms with E-state index in [-0.39, 0.29) is 5.69 Å². The zero-order valence-corrected chi connectivity index (χ0v) is 10.9. The molecule has 2 aromatic carbocycles. The number of rotatable bonds is 4. The van der Waals surface area contributed by atoms with Crippen LogP contribution in [0.3, 0.4) is 0 Å². The monoisotopic (exact) mass is 267 g/mol. The van der Waals surface area contributed by atoms with Gasteiger partial charge in [-0.25, -0.2) is 0 Å². The summed E-state index contributed by atoms with van der Waals surface area (Å²) in [7, 11) is 0. The smallest absolute Gasteiger partial charge is 0.277 e. The first-order chi connectivity index (χ1) is 9.63. The standard InChI is InChI=1S/C16H13NO3/c1-12-6-8-13(9-7-12)14(10-11-18)15-4-2-3-5-16(15)17(19)20/h2-11H,1H3/b14-10+. The molecule has 4 heteroatoms. The van der Waals surface area contributed by atoms with Crippen molar-refractivity contribution in [2.24, 2.45) is 0 Å². The van der Waals surface area contributed by atoms with Crippen LogP contribution in [0.2, 0.25) is 0 Å². The lowest BCUT2D eigenvalue weighted by atomic mass is 9.95. The second-order valence-electron chi connectivity index (χ2n) is 4.36. The number of nitrogens with zero attached hydrogens (tertiary/aromatic N) is 1. The summed E-state index contributed by atoms with van der Waals surface area (Å²) in [6.07, 6.45) is 2.00. The van der Waals surface area contributed by atoms with Crippen molar-refractivity contribution < 1.29 is 9.72 Å². The van der Waals surface area contributed by atoms with E-state index in [1.54, 1.807) is 18.2 Å². The number of para-hydroxylation sites is 1. The number of nitro groups is 1. The SMILES string of the molecule is Cc1ccc(/C(=C\C=O)c2ccccc2[N+](=O)[O-])cc1. The summed E-state index contributed by atoms with van der Waals surface area (Å²) in [5.41, 5.74) is 2.83. The molecule has 4 nitrogen and oxygen atoms in total. The summed E-state index contributed by atoms with van der Waals surface area (Å²) in [6.45, 7) is 1.96. The molecule has 0 radical (unpaired) electrons. The van der Waals surface area contributed by atoms with Crippen LogP contribution in [0.5, 0.6) is 0 Å². The highest BCUT2D eigenvalue weighted by atomic mass is 16.6. The highest BCUT2D eigenvalue weighted by molar-refractivity contribution is 5.92. The largest absolute Gasteiger partial charge is 0.299 e. The van der Waals surface area contributed by atoms with Gasteiger partial charge in [-0.1, -0.05) is 42.0 Å². The number of hydrogen-bond donors (Lipinski definition) is 0. The third kappa shape index (κ3) is 2.80. The van der Waals surface area contributed by atoms with Gasteiger partial charge >= 0.3 is 0 Å². The average Bonchev–Trinajstić information content (AvgIpc) is 2.46. The molecule has 0 amide bonds. The van der Waals surface area contributed by atoms with Gasteiger partial charge in [-0.15, -0.1) is 0 Å². The second kappa shape index (κ2) is 5.93. The molecule has 0 heterocycles. The topological polar surface area (TPSA) is 60.2 Å². The zero-order valence-electron chi connectivity index (χ0n) is 10.9. The molecule has 0 fully saturated rings. The van der Waals surface area contributed by atoms with Crippen molar-refractivity contribution in [3.05, 3.63) is 81.4 Å². The Morgan fingerprint density at radius 1 is 1.10 bits per heavy atom. The Hall–Kier alpha value is -2.75. The minimum absolute atomic E-state index is 0.0128. The van der Waals surface area contributed by atoms with Crippen molar-refractivity contribution in [3.63, 3.8) is 0 Å². The van der Waals surface area contributed by atoms with Gasteiger partial charge in [0.15, 0.2) is 0 Å². The van der Waals surface area contributed by atoms with Crippen LogP contribution in [-0.2, 0) is 4.79 Å². The third-order valence-corrected chi connectivity index (χ3v) is 2.99. The lowest BCUT2D eigenvalue weighted by Gasteiger charge is -2.08. The van der Waals surface area contributed by atoms with Crippen molar-refractivity contribution in [1.82, 2.24) is 0 Å². The van der Waals surface area contributed by atoms with Crippen molar-refractivity contribution in [2.75, 3.05) is 0 Å². The van der Waals surface area contributed by atoms with Crippen LogP contribution < -0.4 is 0 Å². The van der Waals surface area contributed by atoms with Gasteiger partial charge in [0, 0.05) is 6.07 Å². The molecule has 2 rings (SSSR count). The fraction of sp³-hybridized carbons (Fsp3) is 0.0625. The van der Waals surface area contributed by atoms with Crippen LogP contribution in [-0.4, -0.2) is 11.2 Å². The fourth-order valence-electron chi connectivity index (χ4n) is 2.00. The first kappa shape index (κ1) is 13.7. The molecule has 0 saturated heterocycles. The molecular formula is C16H13NO3. The van der Waals surface area contributed by atoms with Crippen LogP contribution in [0.15, 0.2) is 54.6 Å². The molecule has 0 N–H and O–H groups in total. The number of nitro benzene ring substituents is 1. The van der Waals surface area contributed by atoms with Crippen LogP contribution in [0.1, 0.15) is 16.7 Å². The van der Waals surface area contributed by atoms with Gasteiger partial charge in [0.1, 0.15) is 6.29 Å². The van der Waals surface area contributed by atoms with Gasteiger partial charge in [0.05, 0.1) is 10.5 Å². The van der Waals surface area contributed by atoms with E-state index in [1.165, 1.54) is 12.1 Å². The van der Waals surface area contributed by atoms with Gasteiger partial charge in [-0.2, -0.15) is 0 Å². The molecule has 0 atom stereocenters. The molecule has 0 aliphatic carbocycles. The van der Waals surface area contributed by atoms with E-state index >= 15 is 0 Å². The van der Waals surface area contributed by atoms with Gasteiger partial charge in [0.2, 0.25) is 0 Å². The van der Waals surface area contributed by atoms with Gasteiger partial charge in [-0.05, 0) is 30.2 Å². The highest BCUT2D eigenvalue weighted by Crippen LogP contribution is 2.30. The molecular weight excluding hydrogens is 254 g/mol. The third-order valence-electron chi connectivity index (χ3n) is 2.99. The van der Waals surface area contributed by atoms with E-state index in [0.29, 0.717) is 17.4 Å². The number of benzene rings is 2. The number of hydrogen-bond acceptors (Lipinski definition) is 3. The maximum atomic E-state index is 11.1. The average molecular weight is 267 g/mol. The molecule has 2 aromatic rings. The first-order valence-corrected chi connectivity index (χ1v) is 6.10. The Bertz CT molecular complexity index is 672. The van der Waals surface area contributed by atoms with Gasteiger partial charge < -0.3 is 0 Å². The summed E-state index contributed by atoms with van der Waals surface area (Å²) in [5, 5.41) is 11.1. The number of allylic oxidation sites excluding steroid dienone is 1. The number of aryl methyl sites for hydroxylation is 1. The van der Waals surface area contributed by atoms with E-state index in [2.05, 4.69) is 0 Å². The van der Waals surface area contributed by atoms with Crippen LogP contribution in [0.4, 0.5) is 5.69 Å². The summed E-state index contributed by atoms with van der Waals surface area (Å²) >= 11 is 0. The summed E-state index contributed by atoms with van der Waals surface area (Å²) < 4.78 is 0. The molecule has 0 bridgehead atoms. The van der Waals surface area contributed by atoms with E-state index in [0.717, 1.165) is 11.1 Å². The van der Waals surface area contributed by atoms with E-state index < -0.39 is 4.92 Å². The number of carbonyl (C=O) groups excluding carboxylic acids is 1. The Morgan fingerprint density at radius 3 is 2.35 bits per heavy atom. The predicted molar refractivity (Wildman–Crippen MR) is 77.4 cm³/mol. The van der Waals surface area contributed by atoms with Gasteiger partial charge in [-0.3, -0.25) is 14.9 Å². The first-order valence-electron chi connectivity index (χ1n) is 6.10. The van der Waals surface area contributed by atoms with Crippen molar-refractivity contribution in [3.8, 4) is 0 Å². The molecule has 100 valence electrons. The molecule has 0 aliphatic rings. The van der Waals surface area contributed by atoms with Gasteiger partial charge in [0.25, 0.3) is 5.69 Å². The van der Waals surface area contributed by atoms with E-state index in [4.69, 9.17) is 0 Å². The van der Waals surface area contributed by atoms with Crippen molar-refractivity contribution >= 4 is 17.5 Å². The van der Waals surface area contributed by atoms with Crippen LogP contribution in [0.25, 0.3) is 5.57 Å². The lowest BCUT2D eigenvalue weighted by Crippen LogP contribution is -1.96. The van der Waals surface area contributed by atoms with Crippen LogP contribution >= 0.6 is 0 Å². The lowest BCUT2D eigenvalue weighted by molar-refractivity contribution is -0.385. The molecule has 0 spiro atoms. The second-order valence-corrected chi connectivity index (χ2v) is 4.36. The fourth-order valence-corrected chi connectivity index (χ4v) is 2.00. The minimum atomic E-state index is -0.442.